The predicted molar refractivity (Wildman–Crippen MR) is 115 cm³/mol. The number of nitrogens with one attached hydrogen (secondary N) is 2. The van der Waals surface area contributed by atoms with E-state index in [1.54, 1.807) is 27.7 Å². The third-order valence-electron chi connectivity index (χ3n) is 5.16. The highest BCUT2D eigenvalue weighted by Crippen LogP contribution is 2.54. The average Bonchev–Trinajstić information content (AvgIpc) is 3.14. The number of rotatable bonds is 6. The van der Waals surface area contributed by atoms with Crippen LogP contribution >= 0.6 is 11.3 Å². The fourth-order valence-electron chi connectivity index (χ4n) is 3.98. The van der Waals surface area contributed by atoms with Gasteiger partial charge in [0.05, 0.1) is 34.5 Å². The van der Waals surface area contributed by atoms with Crippen LogP contribution in [0.15, 0.2) is 18.2 Å². The Bertz CT molecular complexity index is 1090. The third-order valence-corrected chi connectivity index (χ3v) is 6.57. The van der Waals surface area contributed by atoms with Gasteiger partial charge in [-0.2, -0.15) is 13.2 Å². The summed E-state index contributed by atoms with van der Waals surface area (Å²) in [4.78, 5) is 26.6. The third kappa shape index (κ3) is 4.75. The molecule has 0 fully saturated rings. The molecule has 2 amide bonds. The van der Waals surface area contributed by atoms with Crippen LogP contribution in [0.2, 0.25) is 0 Å². The highest BCUT2D eigenvalue weighted by atomic mass is 32.1. The minimum atomic E-state index is -4.94. The molecule has 0 saturated heterocycles. The normalized spacial score (nSPS) is 16.4. The van der Waals surface area contributed by atoms with E-state index >= 15 is 0 Å². The molecule has 3 rings (SSSR count). The van der Waals surface area contributed by atoms with E-state index in [2.05, 4.69) is 10.6 Å². The van der Waals surface area contributed by atoms with Crippen LogP contribution in [0.25, 0.3) is 0 Å². The lowest BCUT2D eigenvalue weighted by atomic mass is 9.93. The molecule has 2 heterocycles. The fraction of sp³-hybridized carbons (Fsp3) is 0.455. The average molecular weight is 489 g/mol. The van der Waals surface area contributed by atoms with Gasteiger partial charge in [-0.05, 0) is 39.8 Å². The lowest BCUT2D eigenvalue weighted by molar-refractivity contribution is -0.138. The number of anilines is 1. The van der Waals surface area contributed by atoms with E-state index in [1.807, 2.05) is 0 Å². The summed E-state index contributed by atoms with van der Waals surface area (Å²) in [6.07, 6.45) is -4.94. The molecule has 0 unspecified atom stereocenters. The van der Waals surface area contributed by atoms with Crippen LogP contribution in [0.3, 0.4) is 0 Å². The number of methoxy groups -OCH3 is 1. The Labute approximate surface area is 192 Å². The van der Waals surface area contributed by atoms with E-state index in [0.717, 1.165) is 23.5 Å². The van der Waals surface area contributed by atoms with Crippen LogP contribution in [-0.2, 0) is 26.9 Å². The Morgan fingerprint density at radius 1 is 1.09 bits per heavy atom. The first kappa shape index (κ1) is 25.1. The van der Waals surface area contributed by atoms with Gasteiger partial charge in [0.2, 0.25) is 0 Å². The number of fused-ring (bicyclic) bond motifs is 1. The van der Waals surface area contributed by atoms with Crippen LogP contribution < -0.4 is 10.6 Å². The molecule has 33 heavy (non-hydrogen) atoms. The maximum Gasteiger partial charge on any atom is 0.417 e. The van der Waals surface area contributed by atoms with Gasteiger partial charge < -0.3 is 20.1 Å². The number of carbonyl (C=O) groups is 2. The molecule has 0 atom stereocenters. The van der Waals surface area contributed by atoms with Crippen molar-refractivity contribution in [1.29, 1.82) is 0 Å². The van der Waals surface area contributed by atoms with Crippen molar-refractivity contribution >= 4 is 28.2 Å². The molecule has 0 radical (unpaired) electrons. The van der Waals surface area contributed by atoms with Gasteiger partial charge in [-0.25, -0.2) is 4.39 Å². The highest BCUT2D eigenvalue weighted by molar-refractivity contribution is 7.17. The van der Waals surface area contributed by atoms with Crippen molar-refractivity contribution < 1.29 is 36.6 Å². The summed E-state index contributed by atoms with van der Waals surface area (Å²) in [7, 11) is 1.46. The molecule has 2 N–H and O–H groups in total. The smallest absolute Gasteiger partial charge is 0.383 e. The first-order valence-corrected chi connectivity index (χ1v) is 10.8. The Hall–Kier alpha value is -2.50. The maximum atomic E-state index is 14.3. The van der Waals surface area contributed by atoms with Crippen molar-refractivity contribution in [2.24, 2.45) is 0 Å². The lowest BCUT2D eigenvalue weighted by Crippen LogP contribution is -2.31. The maximum absolute atomic E-state index is 14.3. The number of hydrogen-bond donors (Lipinski definition) is 2. The molecule has 1 aromatic heterocycles. The monoisotopic (exact) mass is 488 g/mol. The van der Waals surface area contributed by atoms with E-state index < -0.39 is 46.1 Å². The summed E-state index contributed by atoms with van der Waals surface area (Å²) in [5.74, 6) is -3.18. The predicted octanol–water partition coefficient (Wildman–Crippen LogP) is 5.03. The fourth-order valence-corrected chi connectivity index (χ4v) is 5.36. The molecule has 0 spiro atoms. The summed E-state index contributed by atoms with van der Waals surface area (Å²) in [5, 5.41) is 5.03. The van der Waals surface area contributed by atoms with Gasteiger partial charge in [0.15, 0.2) is 0 Å². The first-order chi connectivity index (χ1) is 15.2. The van der Waals surface area contributed by atoms with Gasteiger partial charge in [-0.3, -0.25) is 9.59 Å². The molecule has 6 nitrogen and oxygen atoms in total. The minimum absolute atomic E-state index is 0.0146. The number of carbonyl (C=O) groups excluding carboxylic acids is 2. The van der Waals surface area contributed by atoms with Gasteiger partial charge >= 0.3 is 6.18 Å². The zero-order valence-electron chi connectivity index (χ0n) is 18.7. The van der Waals surface area contributed by atoms with Gasteiger partial charge in [0.25, 0.3) is 11.8 Å². The molecule has 1 aliphatic rings. The van der Waals surface area contributed by atoms with Crippen LogP contribution in [0.4, 0.5) is 22.6 Å². The molecular formula is C22H24F4N2O4S. The summed E-state index contributed by atoms with van der Waals surface area (Å²) in [6.45, 7) is 7.48. The van der Waals surface area contributed by atoms with E-state index in [0.29, 0.717) is 16.5 Å². The van der Waals surface area contributed by atoms with Crippen molar-refractivity contribution in [2.75, 3.05) is 25.6 Å². The Balaban J connectivity index is 2.10. The number of halogens is 4. The second kappa shape index (κ2) is 8.69. The van der Waals surface area contributed by atoms with Crippen LogP contribution in [0, 0.1) is 5.82 Å². The van der Waals surface area contributed by atoms with Gasteiger partial charge in [-0.15, -0.1) is 11.3 Å². The molecule has 0 saturated carbocycles. The van der Waals surface area contributed by atoms with Gasteiger partial charge in [0.1, 0.15) is 10.8 Å². The molecule has 1 aromatic carbocycles. The zero-order chi connectivity index (χ0) is 24.8. The molecule has 0 aliphatic carbocycles. The van der Waals surface area contributed by atoms with E-state index in [-0.39, 0.29) is 23.7 Å². The molecule has 180 valence electrons. The highest BCUT2D eigenvalue weighted by Gasteiger charge is 2.49. The Morgan fingerprint density at radius 2 is 1.76 bits per heavy atom. The Kier molecular flexibility index (Phi) is 6.62. The standard InChI is InChI=1S/C22H24F4N2O4S/c1-20(2)15-14(17(29)27-9-10-31-5)19(33-16(15)21(3,4)32-20)28-18(30)13-11(22(24,25)26)7-6-8-12(13)23/h6-8H,9-10H2,1-5H3,(H,27,29)(H,28,30). The van der Waals surface area contributed by atoms with Crippen LogP contribution in [0.1, 0.15) is 64.4 Å². The number of ether oxygens (including phenoxy) is 2. The summed E-state index contributed by atoms with van der Waals surface area (Å²) in [6, 6.07) is 2.29. The van der Waals surface area contributed by atoms with Gasteiger partial charge in [-0.1, -0.05) is 6.07 Å². The number of amides is 2. The quantitative estimate of drug-likeness (QED) is 0.442. The van der Waals surface area contributed by atoms with E-state index in [1.165, 1.54) is 7.11 Å². The second-order valence-corrected chi connectivity index (χ2v) is 9.52. The van der Waals surface area contributed by atoms with Crippen LogP contribution in [-0.4, -0.2) is 32.1 Å². The second-order valence-electron chi connectivity index (χ2n) is 8.50. The Morgan fingerprint density at radius 3 is 2.36 bits per heavy atom. The summed E-state index contributed by atoms with van der Waals surface area (Å²) >= 11 is 1.01. The van der Waals surface area contributed by atoms with E-state index in [4.69, 9.17) is 9.47 Å². The molecular weight excluding hydrogens is 464 g/mol. The van der Waals surface area contributed by atoms with Crippen LogP contribution in [0.5, 0.6) is 0 Å². The van der Waals surface area contributed by atoms with Crippen molar-refractivity contribution in [1.82, 2.24) is 5.32 Å². The molecule has 1 aliphatic heterocycles. The summed E-state index contributed by atoms with van der Waals surface area (Å²) in [5.41, 5.74) is -3.68. The van der Waals surface area contributed by atoms with E-state index in [9.17, 15) is 27.2 Å². The minimum Gasteiger partial charge on any atom is -0.383 e. The van der Waals surface area contributed by atoms with Crippen molar-refractivity contribution in [3.8, 4) is 0 Å². The van der Waals surface area contributed by atoms with Crippen molar-refractivity contribution in [3.05, 3.63) is 51.1 Å². The molecule has 11 heteroatoms. The lowest BCUT2D eigenvalue weighted by Gasteiger charge is -2.26. The largest absolute Gasteiger partial charge is 0.417 e. The topological polar surface area (TPSA) is 76.7 Å². The molecule has 2 aromatic rings. The number of thiophene rings is 1. The van der Waals surface area contributed by atoms with Crippen molar-refractivity contribution in [2.45, 2.75) is 45.1 Å². The van der Waals surface area contributed by atoms with Gasteiger partial charge in [0, 0.05) is 24.1 Å². The zero-order valence-corrected chi connectivity index (χ0v) is 19.5. The summed E-state index contributed by atoms with van der Waals surface area (Å²) < 4.78 is 65.6. The number of alkyl halides is 3. The first-order valence-electron chi connectivity index (χ1n) is 10.0. The number of benzene rings is 1. The SMILES string of the molecule is COCCNC(=O)c1c(NC(=O)c2c(F)cccc2C(F)(F)F)sc2c1C(C)(C)OC2(C)C. The number of hydrogen-bond acceptors (Lipinski definition) is 5. The molecule has 0 bridgehead atoms. The van der Waals surface area contributed by atoms with Crippen molar-refractivity contribution in [3.63, 3.8) is 0 Å².